The lowest BCUT2D eigenvalue weighted by molar-refractivity contribution is -0.117. The molecule has 2 N–H and O–H groups in total. The minimum absolute atomic E-state index is 0.0823. The molecule has 0 aliphatic carbocycles. The average Bonchev–Trinajstić information content (AvgIpc) is 2.49. The Bertz CT molecular complexity index is 709. The van der Waals surface area contributed by atoms with E-state index < -0.39 is 0 Å². The second-order valence-corrected chi connectivity index (χ2v) is 4.95. The van der Waals surface area contributed by atoms with Gasteiger partial charge < -0.3 is 10.6 Å². The monoisotopic (exact) mass is 284 g/mol. The Kier molecular flexibility index (Phi) is 3.68. The van der Waals surface area contributed by atoms with Gasteiger partial charge in [0, 0.05) is 18.3 Å². The summed E-state index contributed by atoms with van der Waals surface area (Å²) in [5.74, 6) is -0.264. The summed E-state index contributed by atoms with van der Waals surface area (Å²) in [6.07, 6.45) is 1.80. The quantitative estimate of drug-likeness (QED) is 0.889. The minimum Gasteiger partial charge on any atom is -0.383 e. The molecule has 6 heteroatoms. The van der Waals surface area contributed by atoms with Gasteiger partial charge in [-0.05, 0) is 25.0 Å². The SMILES string of the molecule is O=C(Cn1nc2c(cc1=O)NCCC2)Nc1ccccc1. The molecule has 0 radical (unpaired) electrons. The Labute approximate surface area is 121 Å². The maximum absolute atomic E-state index is 12.0. The van der Waals surface area contributed by atoms with Crippen LogP contribution >= 0.6 is 0 Å². The number of nitrogens with one attached hydrogen (secondary N) is 2. The van der Waals surface area contributed by atoms with Gasteiger partial charge in [-0.25, -0.2) is 4.68 Å². The highest BCUT2D eigenvalue weighted by molar-refractivity contribution is 5.90. The van der Waals surface area contributed by atoms with Gasteiger partial charge in [0.1, 0.15) is 6.54 Å². The Balaban J connectivity index is 1.75. The van der Waals surface area contributed by atoms with Gasteiger partial charge >= 0.3 is 0 Å². The molecule has 2 heterocycles. The number of aromatic nitrogens is 2. The summed E-state index contributed by atoms with van der Waals surface area (Å²) in [5.41, 5.74) is 2.06. The van der Waals surface area contributed by atoms with Crippen molar-refractivity contribution in [2.24, 2.45) is 0 Å². The Morgan fingerprint density at radius 2 is 2.14 bits per heavy atom. The zero-order valence-corrected chi connectivity index (χ0v) is 11.5. The van der Waals surface area contributed by atoms with Gasteiger partial charge in [-0.1, -0.05) is 18.2 Å². The van der Waals surface area contributed by atoms with E-state index in [1.54, 1.807) is 12.1 Å². The number of carbonyl (C=O) groups is 1. The number of para-hydroxylation sites is 1. The number of rotatable bonds is 3. The molecule has 1 aromatic heterocycles. The average molecular weight is 284 g/mol. The highest BCUT2D eigenvalue weighted by Crippen LogP contribution is 2.16. The van der Waals surface area contributed by atoms with Crippen LogP contribution in [0.2, 0.25) is 0 Å². The number of hydrogen-bond acceptors (Lipinski definition) is 4. The van der Waals surface area contributed by atoms with Gasteiger partial charge in [0.2, 0.25) is 5.91 Å². The van der Waals surface area contributed by atoms with E-state index in [1.807, 2.05) is 18.2 Å². The second kappa shape index (κ2) is 5.78. The van der Waals surface area contributed by atoms with Gasteiger partial charge in [-0.2, -0.15) is 5.10 Å². The third-order valence-electron chi connectivity index (χ3n) is 3.33. The summed E-state index contributed by atoms with van der Waals surface area (Å²) >= 11 is 0. The van der Waals surface area contributed by atoms with E-state index in [4.69, 9.17) is 0 Å². The van der Waals surface area contributed by atoms with Crippen molar-refractivity contribution >= 4 is 17.3 Å². The zero-order chi connectivity index (χ0) is 14.7. The predicted octanol–water partition coefficient (Wildman–Crippen LogP) is 1.24. The number of amides is 1. The van der Waals surface area contributed by atoms with E-state index >= 15 is 0 Å². The molecule has 0 unspecified atom stereocenters. The summed E-state index contributed by atoms with van der Waals surface area (Å²) in [5, 5.41) is 10.2. The molecule has 1 aromatic carbocycles. The first-order valence-corrected chi connectivity index (χ1v) is 6.92. The normalized spacial score (nSPS) is 13.1. The first kappa shape index (κ1) is 13.4. The number of benzene rings is 1. The molecule has 2 aromatic rings. The van der Waals surface area contributed by atoms with E-state index in [9.17, 15) is 9.59 Å². The molecule has 0 fully saturated rings. The summed E-state index contributed by atoms with van der Waals surface area (Å²) in [4.78, 5) is 23.9. The van der Waals surface area contributed by atoms with E-state index in [0.29, 0.717) is 5.69 Å². The number of aryl methyl sites for hydroxylation is 1. The molecule has 1 aliphatic rings. The summed E-state index contributed by atoms with van der Waals surface area (Å²) in [7, 11) is 0. The topological polar surface area (TPSA) is 76.0 Å². The molecule has 3 rings (SSSR count). The first-order chi connectivity index (χ1) is 10.2. The lowest BCUT2D eigenvalue weighted by Crippen LogP contribution is -2.31. The van der Waals surface area contributed by atoms with Crippen LogP contribution in [0.3, 0.4) is 0 Å². The van der Waals surface area contributed by atoms with Crippen molar-refractivity contribution in [2.45, 2.75) is 19.4 Å². The van der Waals surface area contributed by atoms with Gasteiger partial charge in [0.25, 0.3) is 5.56 Å². The molecule has 21 heavy (non-hydrogen) atoms. The highest BCUT2D eigenvalue weighted by atomic mass is 16.2. The van der Waals surface area contributed by atoms with E-state index in [-0.39, 0.29) is 18.0 Å². The maximum Gasteiger partial charge on any atom is 0.269 e. The fourth-order valence-corrected chi connectivity index (χ4v) is 2.32. The number of nitrogens with zero attached hydrogens (tertiary/aromatic N) is 2. The van der Waals surface area contributed by atoms with Crippen LogP contribution in [0.1, 0.15) is 12.1 Å². The van der Waals surface area contributed by atoms with Crippen LogP contribution in [-0.4, -0.2) is 22.2 Å². The van der Waals surface area contributed by atoms with Crippen LogP contribution in [0.5, 0.6) is 0 Å². The summed E-state index contributed by atoms with van der Waals surface area (Å²) < 4.78 is 1.21. The Morgan fingerprint density at radius 3 is 2.95 bits per heavy atom. The van der Waals surface area contributed by atoms with Crippen molar-refractivity contribution in [2.75, 3.05) is 17.2 Å². The largest absolute Gasteiger partial charge is 0.383 e. The lowest BCUT2D eigenvalue weighted by atomic mass is 10.1. The van der Waals surface area contributed by atoms with Crippen LogP contribution in [0.15, 0.2) is 41.2 Å². The summed E-state index contributed by atoms with van der Waals surface area (Å²) in [6.45, 7) is 0.771. The molecule has 1 amide bonds. The van der Waals surface area contributed by atoms with Crippen molar-refractivity contribution in [3.63, 3.8) is 0 Å². The van der Waals surface area contributed by atoms with E-state index in [0.717, 1.165) is 30.8 Å². The van der Waals surface area contributed by atoms with Crippen molar-refractivity contribution in [3.05, 3.63) is 52.4 Å². The number of fused-ring (bicyclic) bond motifs is 1. The van der Waals surface area contributed by atoms with Crippen molar-refractivity contribution < 1.29 is 4.79 Å². The Hall–Kier alpha value is -2.63. The standard InChI is InChI=1S/C15H16N4O2/c20-14(17-11-5-2-1-3-6-11)10-19-15(21)9-13-12(18-19)7-4-8-16-13/h1-3,5-6,9,16H,4,7-8,10H2,(H,17,20). The third kappa shape index (κ3) is 3.10. The molecule has 0 spiro atoms. The molecule has 6 nitrogen and oxygen atoms in total. The minimum atomic E-state index is -0.272. The smallest absolute Gasteiger partial charge is 0.269 e. The van der Waals surface area contributed by atoms with Crippen molar-refractivity contribution in [1.82, 2.24) is 9.78 Å². The van der Waals surface area contributed by atoms with Gasteiger partial charge in [-0.15, -0.1) is 0 Å². The lowest BCUT2D eigenvalue weighted by Gasteiger charge is -2.17. The molecule has 1 aliphatic heterocycles. The predicted molar refractivity (Wildman–Crippen MR) is 80.4 cm³/mol. The molecule has 0 saturated carbocycles. The van der Waals surface area contributed by atoms with Gasteiger partial charge in [0.15, 0.2) is 0 Å². The zero-order valence-electron chi connectivity index (χ0n) is 11.5. The van der Waals surface area contributed by atoms with Crippen LogP contribution < -0.4 is 16.2 Å². The summed E-state index contributed by atoms with van der Waals surface area (Å²) in [6, 6.07) is 10.7. The van der Waals surface area contributed by atoms with Crippen LogP contribution in [-0.2, 0) is 17.8 Å². The first-order valence-electron chi connectivity index (χ1n) is 6.92. The van der Waals surface area contributed by atoms with Crippen LogP contribution in [0.25, 0.3) is 0 Å². The van der Waals surface area contributed by atoms with Crippen LogP contribution in [0, 0.1) is 0 Å². The number of carbonyl (C=O) groups excluding carboxylic acids is 1. The Morgan fingerprint density at radius 1 is 1.33 bits per heavy atom. The molecular weight excluding hydrogens is 268 g/mol. The highest BCUT2D eigenvalue weighted by Gasteiger charge is 2.14. The number of hydrogen-bond donors (Lipinski definition) is 2. The fourth-order valence-electron chi connectivity index (χ4n) is 2.32. The molecule has 0 saturated heterocycles. The van der Waals surface area contributed by atoms with Gasteiger partial charge in [-0.3, -0.25) is 9.59 Å². The maximum atomic E-state index is 12.0. The molecule has 108 valence electrons. The third-order valence-corrected chi connectivity index (χ3v) is 3.33. The molecule has 0 bridgehead atoms. The molecular formula is C15H16N4O2. The van der Waals surface area contributed by atoms with Crippen molar-refractivity contribution in [1.29, 1.82) is 0 Å². The van der Waals surface area contributed by atoms with E-state index in [1.165, 1.54) is 10.7 Å². The van der Waals surface area contributed by atoms with E-state index in [2.05, 4.69) is 15.7 Å². The van der Waals surface area contributed by atoms with Crippen LogP contribution in [0.4, 0.5) is 11.4 Å². The number of anilines is 2. The van der Waals surface area contributed by atoms with Gasteiger partial charge in [0.05, 0.1) is 11.4 Å². The van der Waals surface area contributed by atoms with Crippen molar-refractivity contribution in [3.8, 4) is 0 Å². The molecule has 0 atom stereocenters. The second-order valence-electron chi connectivity index (χ2n) is 4.95. The fraction of sp³-hybridized carbons (Fsp3) is 0.267.